The fraction of sp³-hybridized carbons (Fsp3) is 0.250. The molecule has 0 aliphatic carbocycles. The van der Waals surface area contributed by atoms with Crippen molar-refractivity contribution in [3.8, 4) is 11.5 Å². The van der Waals surface area contributed by atoms with Gasteiger partial charge in [-0.15, -0.1) is 0 Å². The molecule has 2 N–H and O–H groups in total. The zero-order valence-electron chi connectivity index (χ0n) is 11.6. The van der Waals surface area contributed by atoms with Gasteiger partial charge in [-0.1, -0.05) is 28.1 Å². The van der Waals surface area contributed by atoms with Crippen LogP contribution in [0.25, 0.3) is 0 Å². The summed E-state index contributed by atoms with van der Waals surface area (Å²) >= 11 is 3.45. The highest BCUT2D eigenvalue weighted by Crippen LogP contribution is 2.28. The van der Waals surface area contributed by atoms with Gasteiger partial charge in [0.05, 0.1) is 7.11 Å². The highest BCUT2D eigenvalue weighted by molar-refractivity contribution is 9.10. The maximum Gasteiger partial charge on any atom is 0.124 e. The summed E-state index contributed by atoms with van der Waals surface area (Å²) in [6.07, 6.45) is 0. The molecule has 3 nitrogen and oxygen atoms in total. The minimum atomic E-state index is -0.0761. The summed E-state index contributed by atoms with van der Waals surface area (Å²) in [6.45, 7) is 2.43. The van der Waals surface area contributed by atoms with E-state index < -0.39 is 0 Å². The van der Waals surface area contributed by atoms with Gasteiger partial charge in [0.1, 0.15) is 18.1 Å². The Morgan fingerprint density at radius 1 is 1.20 bits per heavy atom. The van der Waals surface area contributed by atoms with Crippen molar-refractivity contribution in [2.24, 2.45) is 5.73 Å². The normalized spacial score (nSPS) is 12.0. The molecule has 2 rings (SSSR count). The van der Waals surface area contributed by atoms with Crippen LogP contribution in [0.2, 0.25) is 0 Å². The highest BCUT2D eigenvalue weighted by atomic mass is 79.9. The maximum absolute atomic E-state index is 5.98. The molecule has 0 saturated heterocycles. The molecule has 2 aromatic carbocycles. The van der Waals surface area contributed by atoms with Gasteiger partial charge in [0, 0.05) is 16.1 Å². The molecule has 4 heteroatoms. The molecule has 0 bridgehead atoms. The van der Waals surface area contributed by atoms with Crippen molar-refractivity contribution in [3.05, 3.63) is 58.1 Å². The first-order chi connectivity index (χ1) is 9.60. The second-order valence-electron chi connectivity index (χ2n) is 4.61. The van der Waals surface area contributed by atoms with Crippen LogP contribution in [-0.2, 0) is 6.61 Å². The molecule has 0 saturated carbocycles. The van der Waals surface area contributed by atoms with Gasteiger partial charge in [-0.2, -0.15) is 0 Å². The van der Waals surface area contributed by atoms with E-state index in [1.807, 2.05) is 49.4 Å². The molecule has 0 amide bonds. The highest BCUT2D eigenvalue weighted by Gasteiger charge is 2.09. The maximum atomic E-state index is 5.98. The van der Waals surface area contributed by atoms with Gasteiger partial charge >= 0.3 is 0 Å². The third-order valence-corrected chi connectivity index (χ3v) is 3.48. The molecule has 0 radical (unpaired) electrons. The minimum absolute atomic E-state index is 0.0761. The van der Waals surface area contributed by atoms with Crippen molar-refractivity contribution in [1.82, 2.24) is 0 Å². The first-order valence-corrected chi connectivity index (χ1v) is 7.20. The van der Waals surface area contributed by atoms with Crippen molar-refractivity contribution in [3.63, 3.8) is 0 Å². The summed E-state index contributed by atoms with van der Waals surface area (Å²) in [5, 5.41) is 0. The van der Waals surface area contributed by atoms with E-state index in [0.29, 0.717) is 6.61 Å². The molecule has 1 unspecified atom stereocenters. The Bertz CT molecular complexity index is 584. The van der Waals surface area contributed by atoms with Gasteiger partial charge in [0.15, 0.2) is 0 Å². The molecule has 0 aromatic heterocycles. The van der Waals surface area contributed by atoms with Gasteiger partial charge in [0.25, 0.3) is 0 Å². The number of nitrogens with two attached hydrogens (primary N) is 1. The average molecular weight is 336 g/mol. The van der Waals surface area contributed by atoms with Crippen LogP contribution in [0, 0.1) is 0 Å². The van der Waals surface area contributed by atoms with Crippen molar-refractivity contribution in [2.75, 3.05) is 7.11 Å². The molecule has 0 spiro atoms. The number of methoxy groups -OCH3 is 1. The number of rotatable bonds is 5. The standard InChI is InChI=1S/C16H18BrNO2/c1-11(18)15-9-13(17)6-7-16(15)20-10-12-4-3-5-14(8-12)19-2/h3-9,11H,10,18H2,1-2H3. The van der Waals surface area contributed by atoms with Gasteiger partial charge in [-0.3, -0.25) is 0 Å². The summed E-state index contributed by atoms with van der Waals surface area (Å²) < 4.78 is 12.1. The summed E-state index contributed by atoms with van der Waals surface area (Å²) in [5.41, 5.74) is 8.02. The number of benzene rings is 2. The Morgan fingerprint density at radius 3 is 2.70 bits per heavy atom. The zero-order chi connectivity index (χ0) is 14.5. The molecule has 2 aromatic rings. The SMILES string of the molecule is COc1cccc(COc2ccc(Br)cc2C(C)N)c1. The summed E-state index contributed by atoms with van der Waals surface area (Å²) in [5.74, 6) is 1.64. The number of ether oxygens (including phenoxy) is 2. The Labute approximate surface area is 127 Å². The van der Waals surface area contributed by atoms with Crippen molar-refractivity contribution in [1.29, 1.82) is 0 Å². The van der Waals surface area contributed by atoms with Crippen molar-refractivity contribution < 1.29 is 9.47 Å². The quantitative estimate of drug-likeness (QED) is 0.896. The molecule has 20 heavy (non-hydrogen) atoms. The predicted molar refractivity (Wildman–Crippen MR) is 84.1 cm³/mol. The third kappa shape index (κ3) is 3.74. The second-order valence-corrected chi connectivity index (χ2v) is 5.53. The van der Waals surface area contributed by atoms with E-state index >= 15 is 0 Å². The predicted octanol–water partition coefficient (Wildman–Crippen LogP) is 4.06. The molecule has 0 aliphatic heterocycles. The molecule has 0 aliphatic rings. The lowest BCUT2D eigenvalue weighted by atomic mass is 10.1. The van der Waals surface area contributed by atoms with Crippen LogP contribution in [0.4, 0.5) is 0 Å². The van der Waals surface area contributed by atoms with E-state index in [1.54, 1.807) is 7.11 Å². The topological polar surface area (TPSA) is 44.5 Å². The second kappa shape index (κ2) is 6.77. The minimum Gasteiger partial charge on any atom is -0.497 e. The lowest BCUT2D eigenvalue weighted by Gasteiger charge is -2.15. The number of hydrogen-bond acceptors (Lipinski definition) is 3. The fourth-order valence-corrected chi connectivity index (χ4v) is 2.31. The van der Waals surface area contributed by atoms with Gasteiger partial charge < -0.3 is 15.2 Å². The van der Waals surface area contributed by atoms with Crippen LogP contribution >= 0.6 is 15.9 Å². The Hall–Kier alpha value is -1.52. The Morgan fingerprint density at radius 2 is 2.00 bits per heavy atom. The average Bonchev–Trinajstić information content (AvgIpc) is 2.46. The van der Waals surface area contributed by atoms with Crippen LogP contribution in [0.5, 0.6) is 11.5 Å². The van der Waals surface area contributed by atoms with Crippen molar-refractivity contribution in [2.45, 2.75) is 19.6 Å². The summed E-state index contributed by atoms with van der Waals surface area (Å²) in [7, 11) is 1.66. The van der Waals surface area contributed by atoms with E-state index in [9.17, 15) is 0 Å². The van der Waals surface area contributed by atoms with E-state index in [4.69, 9.17) is 15.2 Å². The molecular weight excluding hydrogens is 318 g/mol. The number of halogens is 1. The monoisotopic (exact) mass is 335 g/mol. The van der Waals surface area contributed by atoms with E-state index in [1.165, 1.54) is 0 Å². The molecule has 1 atom stereocenters. The zero-order valence-corrected chi connectivity index (χ0v) is 13.2. The van der Waals surface area contributed by atoms with Crippen LogP contribution < -0.4 is 15.2 Å². The van der Waals surface area contributed by atoms with Gasteiger partial charge in [-0.05, 0) is 42.8 Å². The largest absolute Gasteiger partial charge is 0.497 e. The van der Waals surface area contributed by atoms with E-state index in [-0.39, 0.29) is 6.04 Å². The fourth-order valence-electron chi connectivity index (χ4n) is 1.93. The Kier molecular flexibility index (Phi) is 5.04. The summed E-state index contributed by atoms with van der Waals surface area (Å²) in [4.78, 5) is 0. The van der Waals surface area contributed by atoms with Crippen molar-refractivity contribution >= 4 is 15.9 Å². The number of hydrogen-bond donors (Lipinski definition) is 1. The van der Waals surface area contributed by atoms with Gasteiger partial charge in [-0.25, -0.2) is 0 Å². The smallest absolute Gasteiger partial charge is 0.124 e. The van der Waals surface area contributed by atoms with Gasteiger partial charge in [0.2, 0.25) is 0 Å². The van der Waals surface area contributed by atoms with Crippen LogP contribution in [0.3, 0.4) is 0 Å². The molecule has 0 fully saturated rings. The van der Waals surface area contributed by atoms with E-state index in [0.717, 1.165) is 27.1 Å². The third-order valence-electron chi connectivity index (χ3n) is 2.99. The molecule has 0 heterocycles. The van der Waals surface area contributed by atoms with Crippen LogP contribution in [-0.4, -0.2) is 7.11 Å². The Balaban J connectivity index is 2.14. The van der Waals surface area contributed by atoms with Crippen LogP contribution in [0.1, 0.15) is 24.1 Å². The first kappa shape index (κ1) is 14.9. The van der Waals surface area contributed by atoms with Crippen LogP contribution in [0.15, 0.2) is 46.9 Å². The first-order valence-electron chi connectivity index (χ1n) is 6.41. The van der Waals surface area contributed by atoms with E-state index in [2.05, 4.69) is 15.9 Å². The lowest BCUT2D eigenvalue weighted by Crippen LogP contribution is -2.08. The summed E-state index contributed by atoms with van der Waals surface area (Å²) in [6, 6.07) is 13.6. The molecular formula is C16H18BrNO2. The lowest BCUT2D eigenvalue weighted by molar-refractivity contribution is 0.300. The molecule has 106 valence electrons.